The van der Waals surface area contributed by atoms with Gasteiger partial charge in [-0.2, -0.15) is 0 Å². The smallest absolute Gasteiger partial charge is 0.0311 e. The van der Waals surface area contributed by atoms with Crippen LogP contribution in [0.15, 0.2) is 157 Å². The number of allylic oxidation sites excluding steroid dienone is 2. The Balaban J connectivity index is 1.22. The summed E-state index contributed by atoms with van der Waals surface area (Å²) in [5, 5.41) is 0. The second-order valence-corrected chi connectivity index (χ2v) is 15.7. The molecule has 6 bridgehead atoms. The summed E-state index contributed by atoms with van der Waals surface area (Å²) in [7, 11) is 0. The van der Waals surface area contributed by atoms with Crippen molar-refractivity contribution in [3.63, 3.8) is 0 Å². The molecule has 48 heavy (non-hydrogen) atoms. The SMILES string of the molecule is c1ccc2c(c1)C1C3=C4C5c6ccccc6C(c6ccccc65)[C@@H]4[C@@H]4C5c6ccccc6C(c6ccccc65)[C@H]4[C@H]3C2c2ccccc21. The maximum atomic E-state index is 2.50. The first-order valence-electron chi connectivity index (χ1n) is 18.2. The van der Waals surface area contributed by atoms with Gasteiger partial charge < -0.3 is 0 Å². The van der Waals surface area contributed by atoms with Gasteiger partial charge in [0.05, 0.1) is 0 Å². The van der Waals surface area contributed by atoms with E-state index in [1.54, 1.807) is 66.8 Å². The van der Waals surface area contributed by atoms with Crippen molar-refractivity contribution in [2.24, 2.45) is 23.7 Å². The maximum Gasteiger partial charge on any atom is 0.0311 e. The molecule has 0 amide bonds. The molecule has 0 radical (unpaired) electrons. The van der Waals surface area contributed by atoms with Crippen LogP contribution in [-0.4, -0.2) is 0 Å². The summed E-state index contributed by atoms with van der Waals surface area (Å²) in [5.41, 5.74) is 22.7. The van der Waals surface area contributed by atoms with Gasteiger partial charge in [-0.05, 0) is 90.4 Å². The molecule has 0 fully saturated rings. The van der Waals surface area contributed by atoms with Crippen LogP contribution >= 0.6 is 0 Å². The van der Waals surface area contributed by atoms with Crippen LogP contribution < -0.4 is 0 Å². The first kappa shape index (κ1) is 25.1. The Kier molecular flexibility index (Phi) is 4.48. The van der Waals surface area contributed by atoms with Crippen LogP contribution in [0.1, 0.15) is 102 Å². The lowest BCUT2D eigenvalue weighted by Crippen LogP contribution is -2.57. The van der Waals surface area contributed by atoms with Gasteiger partial charge in [-0.3, -0.25) is 0 Å². The van der Waals surface area contributed by atoms with Crippen molar-refractivity contribution < 1.29 is 0 Å². The Morgan fingerprint density at radius 3 is 0.688 bits per heavy atom. The normalized spacial score (nSPS) is 32.5. The summed E-state index contributed by atoms with van der Waals surface area (Å²) in [6.45, 7) is 0. The van der Waals surface area contributed by atoms with E-state index < -0.39 is 0 Å². The van der Waals surface area contributed by atoms with Crippen molar-refractivity contribution in [2.45, 2.75) is 35.5 Å². The summed E-state index contributed by atoms with van der Waals surface area (Å²) in [5.74, 6) is 4.36. The average Bonchev–Trinajstić information content (AvgIpc) is 3.17. The molecular formula is C48H34. The maximum absolute atomic E-state index is 2.50. The fourth-order valence-corrected chi connectivity index (χ4v) is 13.3. The van der Waals surface area contributed by atoms with E-state index in [1.165, 1.54) is 0 Å². The summed E-state index contributed by atoms with van der Waals surface area (Å²) in [6, 6.07) is 57.6. The highest BCUT2D eigenvalue weighted by Crippen LogP contribution is 2.77. The Morgan fingerprint density at radius 2 is 0.438 bits per heavy atom. The van der Waals surface area contributed by atoms with Crippen LogP contribution in [0.2, 0.25) is 0 Å². The highest BCUT2D eigenvalue weighted by molar-refractivity contribution is 5.72. The van der Waals surface area contributed by atoms with Gasteiger partial charge in [0.25, 0.3) is 0 Å². The van der Waals surface area contributed by atoms with E-state index in [-0.39, 0.29) is 0 Å². The second kappa shape index (κ2) is 8.55. The van der Waals surface area contributed by atoms with Crippen molar-refractivity contribution in [1.82, 2.24) is 0 Å². The monoisotopic (exact) mass is 610 g/mol. The van der Waals surface area contributed by atoms with Gasteiger partial charge in [-0.1, -0.05) is 157 Å². The third-order valence-corrected chi connectivity index (χ3v) is 14.3. The third kappa shape index (κ3) is 2.67. The molecule has 0 spiro atoms. The van der Waals surface area contributed by atoms with E-state index in [2.05, 4.69) is 146 Å². The molecule has 0 heterocycles. The molecule has 0 unspecified atom stereocenters. The summed E-state index contributed by atoms with van der Waals surface area (Å²) >= 11 is 0. The Bertz CT molecular complexity index is 2130. The predicted octanol–water partition coefficient (Wildman–Crippen LogP) is 10.6. The molecule has 0 aromatic heterocycles. The van der Waals surface area contributed by atoms with Crippen molar-refractivity contribution >= 4 is 0 Å². The lowest BCUT2D eigenvalue weighted by Gasteiger charge is -2.67. The first-order chi connectivity index (χ1) is 23.9. The van der Waals surface area contributed by atoms with Crippen LogP contribution in [-0.2, 0) is 0 Å². The van der Waals surface area contributed by atoms with Crippen LogP contribution in [0, 0.1) is 23.7 Å². The highest BCUT2D eigenvalue weighted by Gasteiger charge is 2.66. The molecule has 226 valence electrons. The Hall–Kier alpha value is -4.94. The second-order valence-electron chi connectivity index (χ2n) is 15.7. The minimum Gasteiger partial charge on any atom is -0.0620 e. The molecule has 0 nitrogen and oxygen atoms in total. The molecule has 0 aliphatic heterocycles. The molecule has 0 saturated carbocycles. The first-order valence-corrected chi connectivity index (χ1v) is 18.2. The zero-order valence-corrected chi connectivity index (χ0v) is 26.6. The van der Waals surface area contributed by atoms with Crippen molar-refractivity contribution in [1.29, 1.82) is 0 Å². The van der Waals surface area contributed by atoms with Gasteiger partial charge in [-0.15, -0.1) is 0 Å². The average molecular weight is 611 g/mol. The molecule has 6 aromatic carbocycles. The largest absolute Gasteiger partial charge is 0.0620 e. The minimum absolute atomic E-state index is 0.329. The third-order valence-electron chi connectivity index (χ3n) is 14.3. The summed E-state index contributed by atoms with van der Waals surface area (Å²) < 4.78 is 0. The number of hydrogen-bond acceptors (Lipinski definition) is 0. The van der Waals surface area contributed by atoms with Gasteiger partial charge in [0.1, 0.15) is 0 Å². The molecule has 10 aliphatic carbocycles. The molecule has 10 aliphatic rings. The van der Waals surface area contributed by atoms with E-state index >= 15 is 0 Å². The van der Waals surface area contributed by atoms with E-state index in [1.807, 2.05) is 11.1 Å². The van der Waals surface area contributed by atoms with E-state index in [4.69, 9.17) is 0 Å². The van der Waals surface area contributed by atoms with E-state index in [9.17, 15) is 0 Å². The highest BCUT2D eigenvalue weighted by atomic mass is 14.7. The molecule has 4 atom stereocenters. The molecule has 0 N–H and O–H groups in total. The van der Waals surface area contributed by atoms with Crippen molar-refractivity contribution in [3.8, 4) is 0 Å². The van der Waals surface area contributed by atoms with Gasteiger partial charge in [0.2, 0.25) is 0 Å². The molecule has 16 rings (SSSR count). The lowest BCUT2D eigenvalue weighted by molar-refractivity contribution is 0.0741. The standard InChI is InChI=1S/C48H34/c1-2-14-26-25(13-1)37-27-15-3-4-16-28(27)38(26)44-43(37)45-39-29-17-5-7-19-31(29)41(32-20-8-6-18-30(32)39)47(45)48-42-35-23-11-9-21-33(35)40(46(44)48)34-22-10-12-24-36(34)42/h1-24,37-46H/t37?,38?,39?,40?,41?,42?,43-,44-,45-,46-/m1/s1. The minimum atomic E-state index is 0.329. The van der Waals surface area contributed by atoms with E-state index in [0.717, 1.165) is 0 Å². The molecular weight excluding hydrogens is 577 g/mol. The van der Waals surface area contributed by atoms with Crippen molar-refractivity contribution in [3.05, 3.63) is 224 Å². The van der Waals surface area contributed by atoms with Gasteiger partial charge in [0.15, 0.2) is 0 Å². The van der Waals surface area contributed by atoms with Gasteiger partial charge >= 0.3 is 0 Å². The van der Waals surface area contributed by atoms with Crippen LogP contribution in [0.5, 0.6) is 0 Å². The fourth-order valence-electron chi connectivity index (χ4n) is 13.3. The van der Waals surface area contributed by atoms with Crippen LogP contribution in [0.3, 0.4) is 0 Å². The molecule has 6 aromatic rings. The number of hydrogen-bond donors (Lipinski definition) is 0. The molecule has 0 heteroatoms. The summed E-state index contributed by atoms with van der Waals surface area (Å²) in [4.78, 5) is 0. The number of benzene rings is 6. The zero-order chi connectivity index (χ0) is 30.8. The lowest BCUT2D eigenvalue weighted by atomic mass is 9.36. The van der Waals surface area contributed by atoms with Gasteiger partial charge in [-0.25, -0.2) is 0 Å². The topological polar surface area (TPSA) is 0 Å². The predicted molar refractivity (Wildman–Crippen MR) is 191 cm³/mol. The fraction of sp³-hybridized carbons (Fsp3) is 0.208. The van der Waals surface area contributed by atoms with Crippen LogP contribution in [0.4, 0.5) is 0 Å². The van der Waals surface area contributed by atoms with Crippen molar-refractivity contribution in [2.75, 3.05) is 0 Å². The molecule has 0 saturated heterocycles. The Morgan fingerprint density at radius 1 is 0.229 bits per heavy atom. The van der Waals surface area contributed by atoms with Crippen LogP contribution in [0.25, 0.3) is 0 Å². The van der Waals surface area contributed by atoms with Gasteiger partial charge in [0, 0.05) is 35.5 Å². The van der Waals surface area contributed by atoms with E-state index in [0.29, 0.717) is 59.2 Å². The number of rotatable bonds is 0. The Labute approximate surface area is 281 Å². The quantitative estimate of drug-likeness (QED) is 0.150. The summed E-state index contributed by atoms with van der Waals surface area (Å²) in [6.07, 6.45) is 0. The zero-order valence-electron chi connectivity index (χ0n) is 26.6.